The molecule has 0 spiro atoms. The van der Waals surface area contributed by atoms with Crippen molar-refractivity contribution in [1.82, 2.24) is 0 Å². The van der Waals surface area contributed by atoms with E-state index in [1.54, 1.807) is 31.2 Å². The van der Waals surface area contributed by atoms with Crippen molar-refractivity contribution in [3.05, 3.63) is 57.6 Å². The Labute approximate surface area is 169 Å². The lowest BCUT2D eigenvalue weighted by atomic mass is 10.1. The van der Waals surface area contributed by atoms with Gasteiger partial charge in [-0.3, -0.25) is 4.79 Å². The minimum absolute atomic E-state index is 0.219. The Balaban J connectivity index is 2.06. The Bertz CT molecular complexity index is 996. The van der Waals surface area contributed by atoms with Crippen LogP contribution in [0.3, 0.4) is 0 Å². The van der Waals surface area contributed by atoms with Gasteiger partial charge in [0, 0.05) is 5.02 Å². The maximum atomic E-state index is 13.6. The van der Waals surface area contributed by atoms with E-state index in [1.807, 2.05) is 13.0 Å². The van der Waals surface area contributed by atoms with Gasteiger partial charge in [0.1, 0.15) is 0 Å². The number of hydrogen-bond acceptors (Lipinski definition) is 3. The van der Waals surface area contributed by atoms with Crippen LogP contribution in [0.4, 0.5) is 5.69 Å². The van der Waals surface area contributed by atoms with Crippen LogP contribution >= 0.6 is 23.2 Å². The van der Waals surface area contributed by atoms with Gasteiger partial charge >= 0.3 is 0 Å². The molecule has 1 N–H and O–H groups in total. The molecule has 1 amide bonds. The molecular weight excluding hydrogens is 405 g/mol. The number of hydrogen-bond donors (Lipinski definition) is 1. The van der Waals surface area contributed by atoms with Crippen molar-refractivity contribution in [2.24, 2.45) is 0 Å². The first-order valence-electron chi connectivity index (χ1n) is 8.76. The minimum atomic E-state index is -3.88. The Morgan fingerprint density at radius 1 is 1.04 bits per heavy atom. The average molecular weight is 426 g/mol. The van der Waals surface area contributed by atoms with Crippen LogP contribution in [0.5, 0.6) is 0 Å². The number of amides is 1. The Morgan fingerprint density at radius 2 is 1.70 bits per heavy atom. The molecule has 1 aliphatic carbocycles. The fourth-order valence-corrected chi connectivity index (χ4v) is 6.31. The van der Waals surface area contributed by atoms with E-state index in [2.05, 4.69) is 5.32 Å². The second-order valence-electron chi connectivity index (χ2n) is 7.05. The summed E-state index contributed by atoms with van der Waals surface area (Å²) in [5.74, 6) is -0.551. The van der Waals surface area contributed by atoms with Gasteiger partial charge in [-0.15, -0.1) is 0 Å². The number of anilines is 1. The van der Waals surface area contributed by atoms with Gasteiger partial charge in [-0.25, -0.2) is 8.42 Å². The van der Waals surface area contributed by atoms with Gasteiger partial charge in [0.05, 0.1) is 15.6 Å². The van der Waals surface area contributed by atoms with E-state index in [0.717, 1.165) is 5.56 Å². The third-order valence-electron chi connectivity index (χ3n) is 5.15. The lowest BCUT2D eigenvalue weighted by Gasteiger charge is -2.28. The fraction of sp³-hybridized carbons (Fsp3) is 0.350. The molecule has 1 fully saturated rings. The van der Waals surface area contributed by atoms with Gasteiger partial charge in [-0.1, -0.05) is 48.2 Å². The van der Waals surface area contributed by atoms with Crippen molar-refractivity contribution < 1.29 is 13.2 Å². The van der Waals surface area contributed by atoms with Gasteiger partial charge in [-0.2, -0.15) is 0 Å². The van der Waals surface area contributed by atoms with E-state index in [1.165, 1.54) is 6.07 Å². The van der Waals surface area contributed by atoms with Crippen molar-refractivity contribution in [3.8, 4) is 0 Å². The standard InChI is InChI=1S/C20H21Cl2NO3S/c1-13-5-6-14(2)18(11-13)27(25,26)20(9-3-4-10-20)19(24)23-17-12-15(21)7-8-16(17)22/h5-8,11-12H,3-4,9-10H2,1-2H3,(H,23,24). The average Bonchev–Trinajstić information content (AvgIpc) is 3.12. The monoisotopic (exact) mass is 425 g/mol. The smallest absolute Gasteiger partial charge is 0.246 e. The summed E-state index contributed by atoms with van der Waals surface area (Å²) in [4.78, 5) is 13.4. The highest BCUT2D eigenvalue weighted by atomic mass is 35.5. The summed E-state index contributed by atoms with van der Waals surface area (Å²) >= 11 is 12.1. The van der Waals surface area contributed by atoms with Crippen LogP contribution in [0.15, 0.2) is 41.3 Å². The summed E-state index contributed by atoms with van der Waals surface area (Å²) in [7, 11) is -3.88. The van der Waals surface area contributed by atoms with E-state index in [0.29, 0.717) is 34.1 Å². The molecule has 0 aromatic heterocycles. The Kier molecular flexibility index (Phi) is 5.57. The summed E-state index contributed by atoms with van der Waals surface area (Å²) in [5.41, 5.74) is 1.79. The molecule has 144 valence electrons. The zero-order valence-corrected chi connectivity index (χ0v) is 17.5. The molecule has 0 bridgehead atoms. The summed E-state index contributed by atoms with van der Waals surface area (Å²) < 4.78 is 25.7. The van der Waals surface area contributed by atoms with E-state index in [-0.39, 0.29) is 17.7 Å². The quantitative estimate of drug-likeness (QED) is 0.718. The third-order valence-corrected chi connectivity index (χ3v) is 8.36. The molecule has 1 saturated carbocycles. The van der Waals surface area contributed by atoms with Crippen LogP contribution < -0.4 is 5.32 Å². The lowest BCUT2D eigenvalue weighted by Crippen LogP contribution is -2.47. The molecular formula is C20H21Cl2NO3S. The number of carbonyl (C=O) groups excluding carboxylic acids is 1. The molecule has 7 heteroatoms. The highest BCUT2D eigenvalue weighted by Crippen LogP contribution is 2.43. The van der Waals surface area contributed by atoms with E-state index in [4.69, 9.17) is 23.2 Å². The number of sulfone groups is 1. The molecule has 0 heterocycles. The minimum Gasteiger partial charge on any atom is -0.323 e. The molecule has 4 nitrogen and oxygen atoms in total. The topological polar surface area (TPSA) is 63.2 Å². The van der Waals surface area contributed by atoms with Crippen LogP contribution in [-0.4, -0.2) is 19.1 Å². The predicted molar refractivity (Wildman–Crippen MR) is 109 cm³/mol. The van der Waals surface area contributed by atoms with Crippen molar-refractivity contribution in [1.29, 1.82) is 0 Å². The number of halogens is 2. The molecule has 0 unspecified atom stereocenters. The number of nitrogens with one attached hydrogen (secondary N) is 1. The molecule has 0 aliphatic heterocycles. The van der Waals surface area contributed by atoms with E-state index >= 15 is 0 Å². The molecule has 2 aromatic rings. The van der Waals surface area contributed by atoms with Crippen molar-refractivity contribution in [2.75, 3.05) is 5.32 Å². The molecule has 0 saturated heterocycles. The first kappa shape index (κ1) is 20.2. The zero-order chi connectivity index (χ0) is 19.8. The highest BCUT2D eigenvalue weighted by molar-refractivity contribution is 7.93. The van der Waals surface area contributed by atoms with Crippen molar-refractivity contribution >= 4 is 44.6 Å². The number of carbonyl (C=O) groups is 1. The van der Waals surface area contributed by atoms with E-state index in [9.17, 15) is 13.2 Å². The number of aryl methyl sites for hydroxylation is 2. The van der Waals surface area contributed by atoms with Crippen molar-refractivity contribution in [3.63, 3.8) is 0 Å². The molecule has 0 atom stereocenters. The fourth-order valence-electron chi connectivity index (χ4n) is 3.60. The number of benzene rings is 2. The van der Waals surface area contributed by atoms with Crippen LogP contribution in [0, 0.1) is 13.8 Å². The van der Waals surface area contributed by atoms with E-state index < -0.39 is 20.5 Å². The normalized spacial score (nSPS) is 16.3. The zero-order valence-electron chi connectivity index (χ0n) is 15.2. The SMILES string of the molecule is Cc1ccc(C)c(S(=O)(=O)C2(C(=O)Nc3cc(Cl)ccc3Cl)CCCC2)c1. The summed E-state index contributed by atoms with van der Waals surface area (Å²) in [5, 5.41) is 3.43. The molecule has 27 heavy (non-hydrogen) atoms. The van der Waals surface area contributed by atoms with Gasteiger partial charge in [0.2, 0.25) is 5.91 Å². The van der Waals surface area contributed by atoms with Gasteiger partial charge in [0.25, 0.3) is 0 Å². The second-order valence-corrected chi connectivity index (χ2v) is 10.1. The van der Waals surface area contributed by atoms with Crippen LogP contribution in [0.1, 0.15) is 36.8 Å². The first-order valence-corrected chi connectivity index (χ1v) is 11.0. The first-order chi connectivity index (χ1) is 12.7. The van der Waals surface area contributed by atoms with Crippen LogP contribution in [0.2, 0.25) is 10.0 Å². The second kappa shape index (κ2) is 7.46. The van der Waals surface area contributed by atoms with Gasteiger partial charge in [-0.05, 0) is 62.1 Å². The van der Waals surface area contributed by atoms with Gasteiger partial charge < -0.3 is 5.32 Å². The van der Waals surface area contributed by atoms with Crippen molar-refractivity contribution in [2.45, 2.75) is 49.2 Å². The Morgan fingerprint density at radius 3 is 2.37 bits per heavy atom. The highest BCUT2D eigenvalue weighted by Gasteiger charge is 2.53. The molecule has 3 rings (SSSR count). The number of rotatable bonds is 4. The predicted octanol–water partition coefficient (Wildman–Crippen LogP) is 5.34. The van der Waals surface area contributed by atoms with Gasteiger partial charge in [0.15, 0.2) is 14.6 Å². The lowest BCUT2D eigenvalue weighted by molar-refractivity contribution is -0.118. The molecule has 0 radical (unpaired) electrons. The summed E-state index contributed by atoms with van der Waals surface area (Å²) in [6.45, 7) is 3.59. The maximum Gasteiger partial charge on any atom is 0.246 e. The summed E-state index contributed by atoms with van der Waals surface area (Å²) in [6.07, 6.45) is 1.93. The van der Waals surface area contributed by atoms with Crippen LogP contribution in [0.25, 0.3) is 0 Å². The molecule has 2 aromatic carbocycles. The summed E-state index contributed by atoms with van der Waals surface area (Å²) in [6, 6.07) is 9.98. The van der Waals surface area contributed by atoms with Crippen LogP contribution in [-0.2, 0) is 14.6 Å². The maximum absolute atomic E-state index is 13.6. The molecule has 1 aliphatic rings. The Hall–Kier alpha value is -1.56. The third kappa shape index (κ3) is 3.60. The largest absolute Gasteiger partial charge is 0.323 e.